The van der Waals surface area contributed by atoms with E-state index in [4.69, 9.17) is 11.6 Å². The lowest BCUT2D eigenvalue weighted by Crippen LogP contribution is -2.07. The van der Waals surface area contributed by atoms with Crippen LogP contribution in [0.3, 0.4) is 0 Å². The first-order valence-corrected chi connectivity index (χ1v) is 6.29. The zero-order valence-corrected chi connectivity index (χ0v) is 10.9. The summed E-state index contributed by atoms with van der Waals surface area (Å²) in [6.45, 7) is 0. The van der Waals surface area contributed by atoms with Gasteiger partial charge in [-0.15, -0.1) is 0 Å². The van der Waals surface area contributed by atoms with Gasteiger partial charge in [0.1, 0.15) is 17.2 Å². The van der Waals surface area contributed by atoms with Crippen LogP contribution in [0.15, 0.2) is 42.1 Å². The number of aromatic nitrogens is 2. The lowest BCUT2D eigenvalue weighted by molar-refractivity contribution is 0.333. The summed E-state index contributed by atoms with van der Waals surface area (Å²) in [7, 11) is 0. The summed E-state index contributed by atoms with van der Waals surface area (Å²) in [5.41, 5.74) is 1.68. The van der Waals surface area contributed by atoms with E-state index in [0.29, 0.717) is 16.6 Å². The van der Waals surface area contributed by atoms with Gasteiger partial charge in [0.05, 0.1) is 17.2 Å². The van der Waals surface area contributed by atoms with E-state index >= 15 is 0 Å². The fourth-order valence-electron chi connectivity index (χ4n) is 2.12. The molecule has 2 aromatic rings. The zero-order valence-electron chi connectivity index (χ0n) is 10.1. The molecule has 1 heterocycles. The Bertz CT molecular complexity index is 758. The highest BCUT2D eigenvalue weighted by atomic mass is 35.5. The van der Waals surface area contributed by atoms with Gasteiger partial charge in [-0.1, -0.05) is 17.7 Å². The normalized spacial score (nSPS) is 19.4. The predicted octanol–water partition coefficient (Wildman–Crippen LogP) is 4.15. The van der Waals surface area contributed by atoms with E-state index in [1.807, 2.05) is 0 Å². The van der Waals surface area contributed by atoms with E-state index < -0.39 is 24.2 Å². The Balaban J connectivity index is 2.15. The summed E-state index contributed by atoms with van der Waals surface area (Å²) < 4.78 is 26.9. The molecule has 102 valence electrons. The summed E-state index contributed by atoms with van der Waals surface area (Å²) in [5.74, 6) is -1.39. The highest BCUT2D eigenvalue weighted by Gasteiger charge is 2.23. The molecule has 1 aromatic carbocycles. The van der Waals surface area contributed by atoms with E-state index in [1.54, 1.807) is 18.2 Å². The molecule has 1 unspecified atom stereocenters. The molecule has 0 bridgehead atoms. The van der Waals surface area contributed by atoms with Gasteiger partial charge in [-0.3, -0.25) is 4.98 Å². The Labute approximate surface area is 118 Å². The molecule has 0 radical (unpaired) electrons. The predicted molar refractivity (Wildman–Crippen MR) is 72.8 cm³/mol. The van der Waals surface area contributed by atoms with Crippen molar-refractivity contribution in [3.05, 3.63) is 52.8 Å². The average Bonchev–Trinajstić information content (AvgIpc) is 2.42. The Hall–Kier alpha value is -2.01. The van der Waals surface area contributed by atoms with Crippen molar-refractivity contribution in [2.24, 2.45) is 0 Å². The van der Waals surface area contributed by atoms with Gasteiger partial charge >= 0.3 is 0 Å². The van der Waals surface area contributed by atoms with Crippen LogP contribution in [0.25, 0.3) is 16.6 Å². The van der Waals surface area contributed by atoms with Crippen LogP contribution >= 0.6 is 11.6 Å². The van der Waals surface area contributed by atoms with Crippen LogP contribution in [0.1, 0.15) is 12.0 Å². The van der Waals surface area contributed by atoms with E-state index in [-0.39, 0.29) is 10.7 Å². The van der Waals surface area contributed by atoms with Crippen molar-refractivity contribution in [2.45, 2.75) is 12.6 Å². The minimum Gasteiger partial charge on any atom is -0.505 e. The molecule has 1 aliphatic rings. The summed E-state index contributed by atoms with van der Waals surface area (Å²) in [6.07, 6.45) is 0.714. The number of aliphatic hydroxyl groups excluding tert-OH is 1. The van der Waals surface area contributed by atoms with E-state index in [0.717, 1.165) is 0 Å². The smallest absolute Gasteiger partial charge is 0.154 e. The van der Waals surface area contributed by atoms with Crippen molar-refractivity contribution < 1.29 is 13.9 Å². The number of benzene rings is 1. The molecule has 3 rings (SSSR count). The highest BCUT2D eigenvalue weighted by Crippen LogP contribution is 2.33. The number of allylic oxidation sites excluding steroid dienone is 3. The highest BCUT2D eigenvalue weighted by molar-refractivity contribution is 6.29. The second-order valence-electron chi connectivity index (χ2n) is 4.45. The van der Waals surface area contributed by atoms with Gasteiger partial charge in [-0.05, 0) is 23.8 Å². The second kappa shape index (κ2) is 4.83. The molecule has 6 heteroatoms. The standard InChI is InChI=1S/C14H9ClF2N2O/c15-13-6-18-11-2-1-7(3-12(11)19-13)9-4-8(16)5-10(17)14(9)20/h1-4,6,8,20H,5H2. The molecule has 0 saturated heterocycles. The molecular formula is C14H9ClF2N2O. The molecule has 1 atom stereocenters. The van der Waals surface area contributed by atoms with Crippen molar-refractivity contribution in [3.8, 4) is 0 Å². The number of aliphatic hydroxyl groups is 1. The van der Waals surface area contributed by atoms with Crippen LogP contribution < -0.4 is 0 Å². The topological polar surface area (TPSA) is 46.0 Å². The first-order valence-electron chi connectivity index (χ1n) is 5.91. The number of fused-ring (bicyclic) bond motifs is 1. The number of rotatable bonds is 1. The fourth-order valence-corrected chi connectivity index (χ4v) is 2.26. The Morgan fingerprint density at radius 1 is 1.30 bits per heavy atom. The molecule has 1 aliphatic carbocycles. The lowest BCUT2D eigenvalue weighted by Gasteiger charge is -2.16. The molecule has 20 heavy (non-hydrogen) atoms. The summed E-state index contributed by atoms with van der Waals surface area (Å²) in [6, 6.07) is 4.86. The Kier molecular flexibility index (Phi) is 3.14. The molecular weight excluding hydrogens is 286 g/mol. The molecule has 0 saturated carbocycles. The molecule has 3 nitrogen and oxygen atoms in total. The van der Waals surface area contributed by atoms with Crippen molar-refractivity contribution in [1.29, 1.82) is 0 Å². The average molecular weight is 295 g/mol. The third kappa shape index (κ3) is 2.25. The minimum absolute atomic E-state index is 0.116. The van der Waals surface area contributed by atoms with Crippen molar-refractivity contribution in [2.75, 3.05) is 0 Å². The molecule has 1 aromatic heterocycles. The maximum atomic E-state index is 13.4. The van der Waals surface area contributed by atoms with Gasteiger partial charge in [0.15, 0.2) is 5.76 Å². The largest absolute Gasteiger partial charge is 0.505 e. The van der Waals surface area contributed by atoms with Crippen LogP contribution in [0.5, 0.6) is 0 Å². The minimum atomic E-state index is -1.46. The van der Waals surface area contributed by atoms with Crippen LogP contribution in [0, 0.1) is 0 Å². The maximum Gasteiger partial charge on any atom is 0.154 e. The number of hydrogen-bond acceptors (Lipinski definition) is 3. The summed E-state index contributed by atoms with van der Waals surface area (Å²) in [5, 5.41) is 9.97. The molecule has 0 amide bonds. The van der Waals surface area contributed by atoms with E-state index in [1.165, 1.54) is 12.3 Å². The van der Waals surface area contributed by atoms with Crippen LogP contribution in [-0.2, 0) is 0 Å². The molecule has 0 spiro atoms. The number of nitrogens with zero attached hydrogens (tertiary/aromatic N) is 2. The Morgan fingerprint density at radius 2 is 2.10 bits per heavy atom. The first kappa shape index (κ1) is 13.0. The third-order valence-corrected chi connectivity index (χ3v) is 3.24. The number of halogens is 3. The van der Waals surface area contributed by atoms with Crippen LogP contribution in [0.4, 0.5) is 8.78 Å². The molecule has 1 N–H and O–H groups in total. The van der Waals surface area contributed by atoms with Gasteiger partial charge in [-0.2, -0.15) is 0 Å². The number of hydrogen-bond donors (Lipinski definition) is 1. The van der Waals surface area contributed by atoms with E-state index in [9.17, 15) is 13.9 Å². The van der Waals surface area contributed by atoms with Gasteiger partial charge in [0.25, 0.3) is 0 Å². The quantitative estimate of drug-likeness (QED) is 0.859. The van der Waals surface area contributed by atoms with Gasteiger partial charge in [-0.25, -0.2) is 13.8 Å². The molecule has 0 fully saturated rings. The van der Waals surface area contributed by atoms with Gasteiger partial charge in [0.2, 0.25) is 0 Å². The molecule has 0 aliphatic heterocycles. The van der Waals surface area contributed by atoms with Crippen LogP contribution in [-0.4, -0.2) is 21.2 Å². The fraction of sp³-hybridized carbons (Fsp3) is 0.143. The van der Waals surface area contributed by atoms with Crippen molar-refractivity contribution >= 4 is 28.2 Å². The number of alkyl halides is 1. The Morgan fingerprint density at radius 3 is 2.90 bits per heavy atom. The van der Waals surface area contributed by atoms with Gasteiger partial charge < -0.3 is 5.11 Å². The van der Waals surface area contributed by atoms with Crippen molar-refractivity contribution in [3.63, 3.8) is 0 Å². The second-order valence-corrected chi connectivity index (χ2v) is 4.84. The third-order valence-electron chi connectivity index (χ3n) is 3.06. The van der Waals surface area contributed by atoms with Gasteiger partial charge in [0, 0.05) is 12.0 Å². The SMILES string of the molecule is OC1=C(F)CC(F)C=C1c1ccc2ncc(Cl)nc2c1. The van der Waals surface area contributed by atoms with E-state index in [2.05, 4.69) is 9.97 Å². The maximum absolute atomic E-state index is 13.4. The lowest BCUT2D eigenvalue weighted by atomic mass is 9.96. The summed E-state index contributed by atoms with van der Waals surface area (Å²) in [4.78, 5) is 8.16. The zero-order chi connectivity index (χ0) is 14.3. The van der Waals surface area contributed by atoms with Crippen molar-refractivity contribution in [1.82, 2.24) is 9.97 Å². The van der Waals surface area contributed by atoms with Crippen LogP contribution in [0.2, 0.25) is 5.15 Å². The first-order chi connectivity index (χ1) is 9.54. The monoisotopic (exact) mass is 294 g/mol. The summed E-state index contributed by atoms with van der Waals surface area (Å²) >= 11 is 5.76.